The molecule has 6 nitrogen and oxygen atoms in total. The zero-order valence-corrected chi connectivity index (χ0v) is 18.4. The standard InChI is InChI=1S/C18H28F3N5O.HI/c1-27-13-7-24-17(22)23-6-3-8-25-9-11-26(12-10-25)16-5-2-4-15(14-16)18(19,20)21;/h2,4-5,14H,3,6-13H2,1H3,(H3,22,23,24);1H. The van der Waals surface area contributed by atoms with E-state index in [2.05, 4.69) is 15.2 Å². The first kappa shape index (κ1) is 24.8. The van der Waals surface area contributed by atoms with Crippen molar-refractivity contribution in [3.05, 3.63) is 29.8 Å². The van der Waals surface area contributed by atoms with Crippen molar-refractivity contribution in [1.82, 2.24) is 10.2 Å². The highest BCUT2D eigenvalue weighted by Gasteiger charge is 2.31. The fourth-order valence-corrected chi connectivity index (χ4v) is 2.94. The molecule has 0 amide bonds. The van der Waals surface area contributed by atoms with Gasteiger partial charge in [0.05, 0.1) is 12.2 Å². The lowest BCUT2D eigenvalue weighted by Gasteiger charge is -2.36. The molecular formula is C18H29F3IN5O. The van der Waals surface area contributed by atoms with Crippen molar-refractivity contribution in [1.29, 1.82) is 0 Å². The Hall–Kier alpha value is -1.27. The molecule has 1 aromatic rings. The van der Waals surface area contributed by atoms with Crippen molar-refractivity contribution in [2.75, 3.05) is 64.4 Å². The molecule has 0 saturated carbocycles. The predicted octanol–water partition coefficient (Wildman–Crippen LogP) is 2.39. The Bertz CT molecular complexity index is 607. The van der Waals surface area contributed by atoms with E-state index in [-0.39, 0.29) is 24.0 Å². The Balaban J connectivity index is 0.00000392. The third kappa shape index (κ3) is 8.39. The summed E-state index contributed by atoms with van der Waals surface area (Å²) in [6.45, 7) is 5.81. The van der Waals surface area contributed by atoms with E-state index in [1.54, 1.807) is 13.2 Å². The second kappa shape index (κ2) is 12.3. The average molecular weight is 515 g/mol. The number of guanidine groups is 1. The SMILES string of the molecule is COCCNC(N)=NCCCN1CCN(c2cccc(C(F)(F)F)c2)CC1.I. The van der Waals surface area contributed by atoms with Gasteiger partial charge in [-0.05, 0) is 24.6 Å². The van der Waals surface area contributed by atoms with Crippen LogP contribution in [0.3, 0.4) is 0 Å². The van der Waals surface area contributed by atoms with Gasteiger partial charge in [0.25, 0.3) is 0 Å². The van der Waals surface area contributed by atoms with Crippen molar-refractivity contribution in [3.63, 3.8) is 0 Å². The molecule has 2 rings (SSSR count). The minimum atomic E-state index is -4.31. The molecule has 1 aromatic carbocycles. The molecule has 0 atom stereocenters. The minimum absolute atomic E-state index is 0. The average Bonchev–Trinajstić information content (AvgIpc) is 2.65. The van der Waals surface area contributed by atoms with Gasteiger partial charge in [-0.1, -0.05) is 6.07 Å². The maximum atomic E-state index is 12.9. The lowest BCUT2D eigenvalue weighted by Crippen LogP contribution is -2.46. The molecule has 0 aromatic heterocycles. The number of nitrogens with one attached hydrogen (secondary N) is 1. The summed E-state index contributed by atoms with van der Waals surface area (Å²) in [5.41, 5.74) is 5.77. The van der Waals surface area contributed by atoms with Crippen LogP contribution in [0, 0.1) is 0 Å². The van der Waals surface area contributed by atoms with Crippen molar-refractivity contribution in [2.24, 2.45) is 10.7 Å². The topological polar surface area (TPSA) is 66.1 Å². The number of benzene rings is 1. The van der Waals surface area contributed by atoms with Crippen LogP contribution in [0.15, 0.2) is 29.3 Å². The molecule has 28 heavy (non-hydrogen) atoms. The summed E-state index contributed by atoms with van der Waals surface area (Å²) in [5, 5.41) is 2.96. The summed E-state index contributed by atoms with van der Waals surface area (Å²) in [4.78, 5) is 8.56. The second-order valence-electron chi connectivity index (χ2n) is 6.42. The highest BCUT2D eigenvalue weighted by atomic mass is 127. The molecule has 1 heterocycles. The molecule has 0 radical (unpaired) electrons. The number of piperazine rings is 1. The number of aliphatic imine (C=N–C) groups is 1. The van der Waals surface area contributed by atoms with Crippen molar-refractivity contribution >= 4 is 35.6 Å². The highest BCUT2D eigenvalue weighted by Crippen LogP contribution is 2.31. The van der Waals surface area contributed by atoms with Crippen LogP contribution in [-0.4, -0.2) is 70.4 Å². The molecular weight excluding hydrogens is 486 g/mol. The molecule has 0 spiro atoms. The van der Waals surface area contributed by atoms with E-state index in [1.165, 1.54) is 12.1 Å². The van der Waals surface area contributed by atoms with Gasteiger partial charge in [-0.2, -0.15) is 13.2 Å². The van der Waals surface area contributed by atoms with E-state index in [9.17, 15) is 13.2 Å². The Morgan fingerprint density at radius 1 is 1.25 bits per heavy atom. The van der Waals surface area contributed by atoms with Crippen molar-refractivity contribution in [2.45, 2.75) is 12.6 Å². The number of rotatable bonds is 8. The summed E-state index contributed by atoms with van der Waals surface area (Å²) in [7, 11) is 1.63. The van der Waals surface area contributed by atoms with Gasteiger partial charge in [0.1, 0.15) is 0 Å². The predicted molar refractivity (Wildman–Crippen MR) is 116 cm³/mol. The summed E-state index contributed by atoms with van der Waals surface area (Å²) in [6.07, 6.45) is -3.42. The van der Waals surface area contributed by atoms with Gasteiger partial charge >= 0.3 is 6.18 Å². The molecule has 1 saturated heterocycles. The van der Waals surface area contributed by atoms with Crippen LogP contribution in [0.25, 0.3) is 0 Å². The van der Waals surface area contributed by atoms with Crippen LogP contribution in [-0.2, 0) is 10.9 Å². The largest absolute Gasteiger partial charge is 0.416 e. The molecule has 1 fully saturated rings. The Morgan fingerprint density at radius 3 is 2.61 bits per heavy atom. The van der Waals surface area contributed by atoms with E-state index >= 15 is 0 Å². The number of hydrogen-bond donors (Lipinski definition) is 2. The van der Waals surface area contributed by atoms with Crippen LogP contribution in [0.1, 0.15) is 12.0 Å². The van der Waals surface area contributed by atoms with Crippen LogP contribution >= 0.6 is 24.0 Å². The number of halogens is 4. The van der Waals surface area contributed by atoms with Gasteiger partial charge in [0.2, 0.25) is 0 Å². The quantitative estimate of drug-likeness (QED) is 0.241. The van der Waals surface area contributed by atoms with Gasteiger partial charge in [-0.3, -0.25) is 9.89 Å². The summed E-state index contributed by atoms with van der Waals surface area (Å²) in [6, 6.07) is 5.53. The fraction of sp³-hybridized carbons (Fsp3) is 0.611. The van der Waals surface area contributed by atoms with E-state index in [1.807, 2.05) is 4.90 Å². The number of anilines is 1. The van der Waals surface area contributed by atoms with Gasteiger partial charge in [-0.15, -0.1) is 24.0 Å². The van der Waals surface area contributed by atoms with Crippen LogP contribution in [0.5, 0.6) is 0 Å². The highest BCUT2D eigenvalue weighted by molar-refractivity contribution is 14.0. The lowest BCUT2D eigenvalue weighted by atomic mass is 10.1. The smallest absolute Gasteiger partial charge is 0.383 e. The van der Waals surface area contributed by atoms with Gasteiger partial charge in [0.15, 0.2) is 5.96 Å². The third-order valence-corrected chi connectivity index (χ3v) is 4.44. The van der Waals surface area contributed by atoms with Gasteiger partial charge in [0, 0.05) is 58.6 Å². The third-order valence-electron chi connectivity index (χ3n) is 4.44. The van der Waals surface area contributed by atoms with E-state index in [4.69, 9.17) is 10.5 Å². The zero-order valence-electron chi connectivity index (χ0n) is 16.0. The van der Waals surface area contributed by atoms with Gasteiger partial charge < -0.3 is 20.7 Å². The maximum Gasteiger partial charge on any atom is 0.416 e. The number of hydrogen-bond acceptors (Lipinski definition) is 4. The molecule has 0 bridgehead atoms. The first-order chi connectivity index (χ1) is 12.9. The monoisotopic (exact) mass is 515 g/mol. The summed E-state index contributed by atoms with van der Waals surface area (Å²) < 4.78 is 43.5. The number of alkyl halides is 3. The molecule has 0 aliphatic carbocycles. The Labute approximate surface area is 181 Å². The Morgan fingerprint density at radius 2 is 1.96 bits per heavy atom. The minimum Gasteiger partial charge on any atom is -0.383 e. The maximum absolute atomic E-state index is 12.9. The molecule has 160 valence electrons. The van der Waals surface area contributed by atoms with Gasteiger partial charge in [-0.25, -0.2) is 0 Å². The lowest BCUT2D eigenvalue weighted by molar-refractivity contribution is -0.137. The summed E-state index contributed by atoms with van der Waals surface area (Å²) in [5.74, 6) is 0.418. The molecule has 3 N–H and O–H groups in total. The first-order valence-electron chi connectivity index (χ1n) is 9.07. The molecule has 0 unspecified atom stereocenters. The number of ether oxygens (including phenoxy) is 1. The molecule has 1 aliphatic rings. The molecule has 1 aliphatic heterocycles. The van der Waals surface area contributed by atoms with Crippen LogP contribution < -0.4 is 16.0 Å². The van der Waals surface area contributed by atoms with E-state index in [0.717, 1.165) is 32.1 Å². The first-order valence-corrected chi connectivity index (χ1v) is 9.07. The number of methoxy groups -OCH3 is 1. The van der Waals surface area contributed by atoms with Crippen LogP contribution in [0.4, 0.5) is 18.9 Å². The fourth-order valence-electron chi connectivity index (χ4n) is 2.94. The van der Waals surface area contributed by atoms with E-state index in [0.29, 0.717) is 44.4 Å². The second-order valence-corrected chi connectivity index (χ2v) is 6.42. The molecule has 10 heteroatoms. The van der Waals surface area contributed by atoms with Crippen LogP contribution in [0.2, 0.25) is 0 Å². The van der Waals surface area contributed by atoms with E-state index < -0.39 is 11.7 Å². The normalized spacial score (nSPS) is 16.0. The zero-order chi connectivity index (χ0) is 19.7. The van der Waals surface area contributed by atoms with Crippen molar-refractivity contribution in [3.8, 4) is 0 Å². The Kier molecular flexibility index (Phi) is 10.9. The number of nitrogens with two attached hydrogens (primary N) is 1. The summed E-state index contributed by atoms with van der Waals surface area (Å²) >= 11 is 0. The number of nitrogens with zero attached hydrogens (tertiary/aromatic N) is 3. The van der Waals surface area contributed by atoms with Crippen molar-refractivity contribution < 1.29 is 17.9 Å².